The first kappa shape index (κ1) is 7.10. The van der Waals surface area contributed by atoms with Crippen LogP contribution in [0.4, 0.5) is 0 Å². The average Bonchev–Trinajstić information content (AvgIpc) is 2.41. The van der Waals surface area contributed by atoms with Crippen LogP contribution in [0.25, 0.3) is 0 Å². The summed E-state index contributed by atoms with van der Waals surface area (Å²) in [5, 5.41) is 8.86. The zero-order valence-electron chi connectivity index (χ0n) is 6.36. The molecule has 11 heavy (non-hydrogen) atoms. The molecule has 4 atom stereocenters. The predicted octanol–water partition coefficient (Wildman–Crippen LogP) is 0.444. The number of aliphatic carboxylic acids is 1. The summed E-state index contributed by atoms with van der Waals surface area (Å²) < 4.78 is 0. The van der Waals surface area contributed by atoms with Crippen molar-refractivity contribution < 1.29 is 9.90 Å². The summed E-state index contributed by atoms with van der Waals surface area (Å²) in [6.07, 6.45) is 3.04. The van der Waals surface area contributed by atoms with E-state index in [0.29, 0.717) is 5.92 Å². The molecule has 0 aromatic carbocycles. The van der Waals surface area contributed by atoms with E-state index in [1.54, 1.807) is 0 Å². The second-order valence-corrected chi connectivity index (χ2v) is 3.76. The highest BCUT2D eigenvalue weighted by molar-refractivity contribution is 5.72. The average molecular weight is 155 g/mol. The molecule has 2 aliphatic carbocycles. The summed E-state index contributed by atoms with van der Waals surface area (Å²) in [7, 11) is 0. The van der Waals surface area contributed by atoms with Crippen LogP contribution in [-0.4, -0.2) is 17.1 Å². The summed E-state index contributed by atoms with van der Waals surface area (Å²) >= 11 is 0. The topological polar surface area (TPSA) is 63.3 Å². The Morgan fingerprint density at radius 2 is 2.18 bits per heavy atom. The minimum atomic E-state index is -0.634. The molecule has 0 aromatic heterocycles. The van der Waals surface area contributed by atoms with E-state index >= 15 is 0 Å². The van der Waals surface area contributed by atoms with E-state index in [1.807, 2.05) is 0 Å². The summed E-state index contributed by atoms with van der Waals surface area (Å²) in [5.74, 6) is -0.0968. The SMILES string of the molecule is N[C@@H]1C[C@@H]2CC[C@@H]1[C@@H]2C(=O)O. The predicted molar refractivity (Wildman–Crippen MR) is 39.9 cm³/mol. The van der Waals surface area contributed by atoms with Crippen LogP contribution >= 0.6 is 0 Å². The highest BCUT2D eigenvalue weighted by Crippen LogP contribution is 2.48. The smallest absolute Gasteiger partial charge is 0.307 e. The van der Waals surface area contributed by atoms with E-state index in [4.69, 9.17) is 10.8 Å². The number of nitrogens with two attached hydrogens (primary N) is 1. The van der Waals surface area contributed by atoms with Crippen LogP contribution in [0.1, 0.15) is 19.3 Å². The zero-order valence-corrected chi connectivity index (χ0v) is 6.36. The van der Waals surface area contributed by atoms with Gasteiger partial charge in [-0.05, 0) is 31.1 Å². The molecule has 3 heteroatoms. The van der Waals surface area contributed by atoms with E-state index in [-0.39, 0.29) is 17.9 Å². The minimum absolute atomic E-state index is 0.120. The van der Waals surface area contributed by atoms with Gasteiger partial charge in [0.25, 0.3) is 0 Å². The van der Waals surface area contributed by atoms with Gasteiger partial charge in [-0.3, -0.25) is 4.79 Å². The molecule has 0 amide bonds. The van der Waals surface area contributed by atoms with Gasteiger partial charge in [-0.25, -0.2) is 0 Å². The van der Waals surface area contributed by atoms with Crippen molar-refractivity contribution in [3.63, 3.8) is 0 Å². The molecule has 2 bridgehead atoms. The van der Waals surface area contributed by atoms with Crippen molar-refractivity contribution in [2.24, 2.45) is 23.5 Å². The summed E-state index contributed by atoms with van der Waals surface area (Å²) in [6, 6.07) is 0.162. The van der Waals surface area contributed by atoms with Gasteiger partial charge in [0.1, 0.15) is 0 Å². The second-order valence-electron chi connectivity index (χ2n) is 3.76. The highest BCUT2D eigenvalue weighted by atomic mass is 16.4. The summed E-state index contributed by atoms with van der Waals surface area (Å²) in [5.41, 5.74) is 5.78. The standard InChI is InChI=1S/C8H13NO2/c9-6-3-4-1-2-5(6)7(4)8(10)11/h4-7H,1-3,9H2,(H,10,11)/t4-,5-,6+,7+/m0/s1. The van der Waals surface area contributed by atoms with Crippen molar-refractivity contribution >= 4 is 5.97 Å². The van der Waals surface area contributed by atoms with Gasteiger partial charge in [0, 0.05) is 6.04 Å². The molecular formula is C8H13NO2. The van der Waals surface area contributed by atoms with Gasteiger partial charge in [-0.15, -0.1) is 0 Å². The van der Waals surface area contributed by atoms with Crippen LogP contribution < -0.4 is 5.73 Å². The minimum Gasteiger partial charge on any atom is -0.481 e. The van der Waals surface area contributed by atoms with E-state index < -0.39 is 5.97 Å². The zero-order chi connectivity index (χ0) is 8.01. The molecule has 0 saturated heterocycles. The first-order valence-electron chi connectivity index (χ1n) is 4.18. The fraction of sp³-hybridized carbons (Fsp3) is 0.875. The molecule has 0 unspecified atom stereocenters. The van der Waals surface area contributed by atoms with E-state index in [2.05, 4.69) is 0 Å². The molecule has 2 saturated carbocycles. The maximum atomic E-state index is 10.8. The van der Waals surface area contributed by atoms with Gasteiger partial charge in [0.2, 0.25) is 0 Å². The van der Waals surface area contributed by atoms with Gasteiger partial charge in [-0.2, -0.15) is 0 Å². The molecule has 0 aliphatic heterocycles. The van der Waals surface area contributed by atoms with Gasteiger partial charge in [-0.1, -0.05) is 0 Å². The second kappa shape index (κ2) is 2.21. The third-order valence-corrected chi connectivity index (χ3v) is 3.25. The summed E-state index contributed by atoms with van der Waals surface area (Å²) in [6.45, 7) is 0. The lowest BCUT2D eigenvalue weighted by atomic mass is 9.95. The first-order chi connectivity index (χ1) is 5.20. The van der Waals surface area contributed by atoms with Gasteiger partial charge in [0.05, 0.1) is 5.92 Å². The molecule has 3 N–H and O–H groups in total. The monoisotopic (exact) mass is 155 g/mol. The van der Waals surface area contributed by atoms with E-state index in [9.17, 15) is 4.79 Å². The van der Waals surface area contributed by atoms with E-state index in [0.717, 1.165) is 19.3 Å². The van der Waals surface area contributed by atoms with E-state index in [1.165, 1.54) is 0 Å². The molecule has 2 fully saturated rings. The largest absolute Gasteiger partial charge is 0.481 e. The van der Waals surface area contributed by atoms with Gasteiger partial charge < -0.3 is 10.8 Å². The maximum Gasteiger partial charge on any atom is 0.307 e. The van der Waals surface area contributed by atoms with Crippen LogP contribution in [0, 0.1) is 17.8 Å². The van der Waals surface area contributed by atoms with Crippen LogP contribution in [0.15, 0.2) is 0 Å². The summed E-state index contributed by atoms with van der Waals surface area (Å²) in [4.78, 5) is 10.8. The Kier molecular flexibility index (Phi) is 1.42. The molecule has 2 rings (SSSR count). The van der Waals surface area contributed by atoms with Crippen molar-refractivity contribution in [2.45, 2.75) is 25.3 Å². The third kappa shape index (κ3) is 0.872. The van der Waals surface area contributed by atoms with Crippen molar-refractivity contribution in [3.8, 4) is 0 Å². The number of fused-ring (bicyclic) bond motifs is 2. The molecule has 0 aromatic rings. The Bertz CT molecular complexity index is 193. The number of rotatable bonds is 1. The number of carboxylic acids is 1. The Morgan fingerprint density at radius 3 is 2.45 bits per heavy atom. The van der Waals surface area contributed by atoms with Crippen molar-refractivity contribution in [1.82, 2.24) is 0 Å². The Balaban J connectivity index is 2.19. The fourth-order valence-corrected chi connectivity index (χ4v) is 2.77. The van der Waals surface area contributed by atoms with Crippen molar-refractivity contribution in [2.75, 3.05) is 0 Å². The van der Waals surface area contributed by atoms with Gasteiger partial charge >= 0.3 is 5.97 Å². The lowest BCUT2D eigenvalue weighted by Crippen LogP contribution is -2.29. The van der Waals surface area contributed by atoms with Gasteiger partial charge in [0.15, 0.2) is 0 Å². The molecule has 62 valence electrons. The quantitative estimate of drug-likeness (QED) is 0.577. The Labute approximate surface area is 65.6 Å². The van der Waals surface area contributed by atoms with Crippen molar-refractivity contribution in [1.29, 1.82) is 0 Å². The molecule has 2 aliphatic rings. The third-order valence-electron chi connectivity index (χ3n) is 3.25. The molecule has 0 heterocycles. The van der Waals surface area contributed by atoms with Crippen LogP contribution in [0.3, 0.4) is 0 Å². The van der Waals surface area contributed by atoms with Crippen LogP contribution in [-0.2, 0) is 4.79 Å². The lowest BCUT2D eigenvalue weighted by Gasteiger charge is -2.15. The number of carbonyl (C=O) groups is 1. The fourth-order valence-electron chi connectivity index (χ4n) is 2.77. The number of hydrogen-bond acceptors (Lipinski definition) is 2. The first-order valence-corrected chi connectivity index (χ1v) is 4.18. The Morgan fingerprint density at radius 1 is 1.45 bits per heavy atom. The molecule has 0 spiro atoms. The normalized spacial score (nSPS) is 48.1. The van der Waals surface area contributed by atoms with Crippen molar-refractivity contribution in [3.05, 3.63) is 0 Å². The molecular weight excluding hydrogens is 142 g/mol. The molecule has 3 nitrogen and oxygen atoms in total. The maximum absolute atomic E-state index is 10.8. The highest BCUT2D eigenvalue weighted by Gasteiger charge is 2.50. The lowest BCUT2D eigenvalue weighted by molar-refractivity contribution is -0.143. The van der Waals surface area contributed by atoms with Crippen LogP contribution in [0.2, 0.25) is 0 Å². The number of hydrogen-bond donors (Lipinski definition) is 2. The Hall–Kier alpha value is -0.570. The van der Waals surface area contributed by atoms with Crippen LogP contribution in [0.5, 0.6) is 0 Å². The number of carboxylic acid groups (broad SMARTS) is 1. The molecule has 0 radical (unpaired) electrons.